The summed E-state index contributed by atoms with van der Waals surface area (Å²) in [6.07, 6.45) is 0. The molecule has 0 saturated heterocycles. The number of nitrogens with two attached hydrogens (primary N) is 1. The number of anilines is 1. The van der Waals surface area contributed by atoms with Gasteiger partial charge < -0.3 is 11.1 Å². The van der Waals surface area contributed by atoms with Crippen LogP contribution in [0.5, 0.6) is 0 Å². The minimum absolute atomic E-state index is 0.200. The lowest BCUT2D eigenvalue weighted by Gasteiger charge is -2.08. The molecule has 0 aliphatic rings. The highest BCUT2D eigenvalue weighted by Gasteiger charge is 2.09. The molecule has 1 amide bonds. The first kappa shape index (κ1) is 13.4. The van der Waals surface area contributed by atoms with E-state index in [4.69, 9.17) is 5.73 Å². The van der Waals surface area contributed by atoms with Crippen LogP contribution in [-0.2, 0) is 0 Å². The van der Waals surface area contributed by atoms with Gasteiger partial charge in [-0.25, -0.2) is 4.39 Å². The van der Waals surface area contributed by atoms with Crippen molar-refractivity contribution in [3.8, 4) is 0 Å². The first-order valence-corrected chi connectivity index (χ1v) is 6.47. The van der Waals surface area contributed by atoms with E-state index in [0.29, 0.717) is 16.1 Å². The number of halogens is 1. The van der Waals surface area contributed by atoms with Gasteiger partial charge in [0.05, 0.1) is 0 Å². The van der Waals surface area contributed by atoms with Crippen molar-refractivity contribution in [2.75, 3.05) is 12.8 Å². The van der Waals surface area contributed by atoms with E-state index in [9.17, 15) is 9.18 Å². The normalized spacial score (nSPS) is 10.2. The van der Waals surface area contributed by atoms with E-state index in [0.717, 1.165) is 4.90 Å². The van der Waals surface area contributed by atoms with Crippen LogP contribution in [0.2, 0.25) is 0 Å². The third kappa shape index (κ3) is 3.06. The largest absolute Gasteiger partial charge is 0.398 e. The van der Waals surface area contributed by atoms with E-state index < -0.39 is 0 Å². The number of carbonyl (C=O) groups is 1. The summed E-state index contributed by atoms with van der Waals surface area (Å²) in [6.45, 7) is 0. The molecule has 0 radical (unpaired) electrons. The fourth-order valence-electron chi connectivity index (χ4n) is 1.57. The lowest BCUT2D eigenvalue weighted by Crippen LogP contribution is -2.17. The number of benzene rings is 2. The van der Waals surface area contributed by atoms with Crippen LogP contribution in [0.3, 0.4) is 0 Å². The van der Waals surface area contributed by atoms with Crippen molar-refractivity contribution in [2.24, 2.45) is 0 Å². The van der Waals surface area contributed by atoms with Gasteiger partial charge in [-0.2, -0.15) is 0 Å². The molecule has 2 aromatic carbocycles. The van der Waals surface area contributed by atoms with Gasteiger partial charge in [-0.3, -0.25) is 4.79 Å². The predicted molar refractivity (Wildman–Crippen MR) is 74.8 cm³/mol. The van der Waals surface area contributed by atoms with Crippen molar-refractivity contribution in [1.29, 1.82) is 0 Å². The molecule has 19 heavy (non-hydrogen) atoms. The first-order chi connectivity index (χ1) is 9.11. The van der Waals surface area contributed by atoms with E-state index in [-0.39, 0.29) is 11.7 Å². The molecular formula is C14H13FN2OS. The summed E-state index contributed by atoms with van der Waals surface area (Å²) in [5.41, 5.74) is 6.83. The van der Waals surface area contributed by atoms with Crippen molar-refractivity contribution in [2.45, 2.75) is 9.79 Å². The Balaban J connectivity index is 2.27. The number of rotatable bonds is 3. The Bertz CT molecular complexity index is 616. The topological polar surface area (TPSA) is 55.1 Å². The van der Waals surface area contributed by atoms with Crippen LogP contribution in [0.1, 0.15) is 10.4 Å². The fraction of sp³-hybridized carbons (Fsp3) is 0.0714. The molecule has 0 heterocycles. The molecule has 2 aromatic rings. The second-order valence-electron chi connectivity index (χ2n) is 3.86. The molecule has 0 unspecified atom stereocenters. The van der Waals surface area contributed by atoms with E-state index in [1.807, 2.05) is 0 Å². The van der Waals surface area contributed by atoms with Crippen LogP contribution in [0, 0.1) is 5.82 Å². The highest BCUT2D eigenvalue weighted by Crippen LogP contribution is 2.33. The molecule has 3 N–H and O–H groups in total. The molecule has 0 aliphatic carbocycles. The van der Waals surface area contributed by atoms with Crippen LogP contribution in [0.4, 0.5) is 10.1 Å². The Kier molecular flexibility index (Phi) is 4.06. The summed E-state index contributed by atoms with van der Waals surface area (Å²) in [4.78, 5) is 12.7. The van der Waals surface area contributed by atoms with E-state index in [1.54, 1.807) is 43.4 Å². The predicted octanol–water partition coefficient (Wildman–Crippen LogP) is 2.92. The van der Waals surface area contributed by atoms with E-state index in [1.165, 1.54) is 17.8 Å². The zero-order valence-electron chi connectivity index (χ0n) is 10.3. The zero-order valence-corrected chi connectivity index (χ0v) is 11.1. The standard InChI is InChI=1S/C14H13FN2OS/c1-17-14(18)9-6-7-13(11(16)8-9)19-12-5-3-2-4-10(12)15/h2-8H,16H2,1H3,(H,17,18). The maximum atomic E-state index is 13.5. The van der Waals surface area contributed by atoms with Gasteiger partial charge in [0, 0.05) is 28.1 Å². The van der Waals surface area contributed by atoms with Crippen LogP contribution in [-0.4, -0.2) is 13.0 Å². The Morgan fingerprint density at radius 2 is 1.95 bits per heavy atom. The van der Waals surface area contributed by atoms with Gasteiger partial charge in [0.2, 0.25) is 0 Å². The van der Waals surface area contributed by atoms with Crippen LogP contribution < -0.4 is 11.1 Å². The average molecular weight is 276 g/mol. The molecule has 0 bridgehead atoms. The van der Waals surface area contributed by atoms with Crippen LogP contribution >= 0.6 is 11.8 Å². The summed E-state index contributed by atoms with van der Waals surface area (Å²) in [6, 6.07) is 11.5. The second kappa shape index (κ2) is 5.75. The van der Waals surface area contributed by atoms with Crippen molar-refractivity contribution in [1.82, 2.24) is 5.32 Å². The van der Waals surface area contributed by atoms with E-state index in [2.05, 4.69) is 5.32 Å². The maximum absolute atomic E-state index is 13.5. The third-order valence-electron chi connectivity index (χ3n) is 2.56. The number of nitrogen functional groups attached to an aromatic ring is 1. The summed E-state index contributed by atoms with van der Waals surface area (Å²) >= 11 is 1.24. The van der Waals surface area contributed by atoms with Gasteiger partial charge in [0.15, 0.2) is 0 Å². The maximum Gasteiger partial charge on any atom is 0.251 e. The molecular weight excluding hydrogens is 263 g/mol. The molecule has 3 nitrogen and oxygen atoms in total. The summed E-state index contributed by atoms with van der Waals surface area (Å²) in [5, 5.41) is 2.53. The first-order valence-electron chi connectivity index (χ1n) is 5.66. The third-order valence-corrected chi connectivity index (χ3v) is 3.70. The molecule has 0 atom stereocenters. The number of carbonyl (C=O) groups excluding carboxylic acids is 1. The average Bonchev–Trinajstić information content (AvgIpc) is 2.42. The van der Waals surface area contributed by atoms with Crippen molar-refractivity contribution < 1.29 is 9.18 Å². The summed E-state index contributed by atoms with van der Waals surface area (Å²) in [5.74, 6) is -0.489. The quantitative estimate of drug-likeness (QED) is 0.847. The molecule has 0 saturated carbocycles. The van der Waals surface area contributed by atoms with Crippen LogP contribution in [0.25, 0.3) is 0 Å². The molecule has 0 aromatic heterocycles. The summed E-state index contributed by atoms with van der Waals surface area (Å²) < 4.78 is 13.5. The Morgan fingerprint density at radius 1 is 1.21 bits per heavy atom. The Labute approximate surface area is 115 Å². The highest BCUT2D eigenvalue weighted by atomic mass is 32.2. The minimum Gasteiger partial charge on any atom is -0.398 e. The Hall–Kier alpha value is -2.01. The lowest BCUT2D eigenvalue weighted by atomic mass is 10.2. The zero-order chi connectivity index (χ0) is 13.8. The molecule has 98 valence electrons. The monoisotopic (exact) mass is 276 g/mol. The van der Waals surface area contributed by atoms with Crippen molar-refractivity contribution >= 4 is 23.4 Å². The van der Waals surface area contributed by atoms with Crippen LogP contribution in [0.15, 0.2) is 52.3 Å². The van der Waals surface area contributed by atoms with Gasteiger partial charge in [-0.15, -0.1) is 0 Å². The SMILES string of the molecule is CNC(=O)c1ccc(Sc2ccccc2F)c(N)c1. The molecule has 2 rings (SSSR count). The molecule has 0 spiro atoms. The van der Waals surface area contributed by atoms with Gasteiger partial charge in [0.25, 0.3) is 5.91 Å². The lowest BCUT2D eigenvalue weighted by molar-refractivity contribution is 0.0963. The molecule has 0 fully saturated rings. The molecule has 0 aliphatic heterocycles. The summed E-state index contributed by atoms with van der Waals surface area (Å²) in [7, 11) is 1.56. The number of hydrogen-bond acceptors (Lipinski definition) is 3. The number of hydrogen-bond donors (Lipinski definition) is 2. The fourth-order valence-corrected chi connectivity index (χ4v) is 2.43. The minimum atomic E-state index is -0.290. The number of nitrogens with one attached hydrogen (secondary N) is 1. The van der Waals surface area contributed by atoms with E-state index >= 15 is 0 Å². The highest BCUT2D eigenvalue weighted by molar-refractivity contribution is 7.99. The molecule has 5 heteroatoms. The number of amides is 1. The van der Waals surface area contributed by atoms with Gasteiger partial charge in [-0.1, -0.05) is 23.9 Å². The Morgan fingerprint density at radius 3 is 2.58 bits per heavy atom. The van der Waals surface area contributed by atoms with Crippen molar-refractivity contribution in [3.05, 3.63) is 53.8 Å². The van der Waals surface area contributed by atoms with Gasteiger partial charge in [0.1, 0.15) is 5.82 Å². The van der Waals surface area contributed by atoms with Gasteiger partial charge in [-0.05, 0) is 30.3 Å². The smallest absolute Gasteiger partial charge is 0.251 e. The van der Waals surface area contributed by atoms with Crippen molar-refractivity contribution in [3.63, 3.8) is 0 Å². The second-order valence-corrected chi connectivity index (χ2v) is 4.95. The van der Waals surface area contributed by atoms with Gasteiger partial charge >= 0.3 is 0 Å².